The number of carbonyl (C=O) groups is 2. The fraction of sp³-hybridized carbons (Fsp3) is 0.619. The summed E-state index contributed by atoms with van der Waals surface area (Å²) in [6.45, 7) is 5.75. The molecule has 0 bridgehead atoms. The summed E-state index contributed by atoms with van der Waals surface area (Å²) in [4.78, 5) is 23.9. The summed E-state index contributed by atoms with van der Waals surface area (Å²) in [6.07, 6.45) is 8.98. The Morgan fingerprint density at radius 2 is 1.72 bits per heavy atom. The van der Waals surface area contributed by atoms with E-state index in [4.69, 9.17) is 4.74 Å². The van der Waals surface area contributed by atoms with Gasteiger partial charge in [-0.3, -0.25) is 9.59 Å². The van der Waals surface area contributed by atoms with Crippen LogP contribution >= 0.6 is 0 Å². The van der Waals surface area contributed by atoms with E-state index in [-0.39, 0.29) is 18.5 Å². The van der Waals surface area contributed by atoms with Crippen molar-refractivity contribution in [1.82, 2.24) is 0 Å². The topological polar surface area (TPSA) is 55.4 Å². The number of ether oxygens (including phenoxy) is 1. The summed E-state index contributed by atoms with van der Waals surface area (Å²) >= 11 is 0. The zero-order valence-corrected chi connectivity index (χ0v) is 15.8. The SMILES string of the molecule is Cc1cc(C)c(NC(=O)COC(=O)CCCC2CCCCC2)c(C)c1. The van der Waals surface area contributed by atoms with E-state index in [2.05, 4.69) is 5.32 Å². The second kappa shape index (κ2) is 9.59. The van der Waals surface area contributed by atoms with E-state index in [0.717, 1.165) is 41.1 Å². The molecule has 1 N–H and O–H groups in total. The van der Waals surface area contributed by atoms with Gasteiger partial charge in [0.05, 0.1) is 0 Å². The standard InChI is InChI=1S/C21H31NO3/c1-15-12-16(2)21(17(3)13-15)22-19(23)14-25-20(24)11-7-10-18-8-5-4-6-9-18/h12-13,18H,4-11,14H2,1-3H3,(H,22,23). The highest BCUT2D eigenvalue weighted by Crippen LogP contribution is 2.27. The Morgan fingerprint density at radius 1 is 1.08 bits per heavy atom. The molecule has 0 aliphatic heterocycles. The Morgan fingerprint density at radius 3 is 2.36 bits per heavy atom. The lowest BCUT2D eigenvalue weighted by atomic mass is 9.86. The van der Waals surface area contributed by atoms with Crippen LogP contribution < -0.4 is 5.32 Å². The Kier molecular flexibility index (Phi) is 7.48. The van der Waals surface area contributed by atoms with Crippen LogP contribution in [0.3, 0.4) is 0 Å². The maximum Gasteiger partial charge on any atom is 0.306 e. The lowest BCUT2D eigenvalue weighted by Crippen LogP contribution is -2.22. The predicted molar refractivity (Wildman–Crippen MR) is 101 cm³/mol. The summed E-state index contributed by atoms with van der Waals surface area (Å²) < 4.78 is 5.12. The number of rotatable bonds is 7. The number of anilines is 1. The van der Waals surface area contributed by atoms with Crippen molar-refractivity contribution in [2.75, 3.05) is 11.9 Å². The molecular formula is C21H31NO3. The van der Waals surface area contributed by atoms with Gasteiger partial charge in [0.1, 0.15) is 0 Å². The number of hydrogen-bond acceptors (Lipinski definition) is 3. The summed E-state index contributed by atoms with van der Waals surface area (Å²) in [5.41, 5.74) is 4.01. The fourth-order valence-corrected chi connectivity index (χ4v) is 3.78. The van der Waals surface area contributed by atoms with E-state index in [0.29, 0.717) is 6.42 Å². The first-order valence-corrected chi connectivity index (χ1v) is 9.49. The minimum absolute atomic E-state index is 0.213. The molecule has 0 aromatic heterocycles. The highest BCUT2D eigenvalue weighted by molar-refractivity contribution is 5.94. The molecule has 4 nitrogen and oxygen atoms in total. The van der Waals surface area contributed by atoms with Crippen LogP contribution in [0.5, 0.6) is 0 Å². The molecule has 4 heteroatoms. The van der Waals surface area contributed by atoms with Crippen molar-refractivity contribution in [2.24, 2.45) is 5.92 Å². The third-order valence-corrected chi connectivity index (χ3v) is 5.02. The number of benzene rings is 1. The third kappa shape index (κ3) is 6.52. The predicted octanol–water partition coefficient (Wildman–Crippen LogP) is 4.84. The van der Waals surface area contributed by atoms with Crippen LogP contribution in [0.25, 0.3) is 0 Å². The minimum atomic E-state index is -0.282. The van der Waals surface area contributed by atoms with Gasteiger partial charge in [-0.1, -0.05) is 49.8 Å². The molecular weight excluding hydrogens is 314 g/mol. The highest BCUT2D eigenvalue weighted by atomic mass is 16.5. The smallest absolute Gasteiger partial charge is 0.306 e. The third-order valence-electron chi connectivity index (χ3n) is 5.02. The second-order valence-corrected chi connectivity index (χ2v) is 7.38. The molecule has 0 heterocycles. The Bertz CT molecular complexity index is 580. The molecule has 1 aliphatic rings. The molecule has 0 saturated heterocycles. The van der Waals surface area contributed by atoms with Gasteiger partial charge in [-0.05, 0) is 50.7 Å². The van der Waals surface area contributed by atoms with E-state index in [1.165, 1.54) is 32.1 Å². The summed E-state index contributed by atoms with van der Waals surface area (Å²) in [6, 6.07) is 4.06. The summed E-state index contributed by atoms with van der Waals surface area (Å²) in [5, 5.41) is 2.85. The van der Waals surface area contributed by atoms with Crippen molar-refractivity contribution in [2.45, 2.75) is 72.1 Å². The highest BCUT2D eigenvalue weighted by Gasteiger charge is 2.15. The van der Waals surface area contributed by atoms with Gasteiger partial charge >= 0.3 is 5.97 Å². The first kappa shape index (κ1) is 19.5. The molecule has 0 spiro atoms. The number of esters is 1. The van der Waals surface area contributed by atoms with Gasteiger partial charge in [-0.2, -0.15) is 0 Å². The minimum Gasteiger partial charge on any atom is -0.456 e. The molecule has 0 unspecified atom stereocenters. The normalized spacial score (nSPS) is 15.0. The lowest BCUT2D eigenvalue weighted by molar-refractivity contribution is -0.147. The molecule has 1 fully saturated rings. The van der Waals surface area contributed by atoms with Crippen molar-refractivity contribution >= 4 is 17.6 Å². The molecule has 0 atom stereocenters. The van der Waals surface area contributed by atoms with E-state index in [1.54, 1.807) is 0 Å². The number of amides is 1. The second-order valence-electron chi connectivity index (χ2n) is 7.38. The van der Waals surface area contributed by atoms with E-state index >= 15 is 0 Å². The maximum atomic E-state index is 12.0. The first-order valence-electron chi connectivity index (χ1n) is 9.49. The number of nitrogens with one attached hydrogen (secondary N) is 1. The van der Waals surface area contributed by atoms with Crippen LogP contribution in [0.15, 0.2) is 12.1 Å². The molecule has 1 saturated carbocycles. The van der Waals surface area contributed by atoms with Gasteiger partial charge in [0, 0.05) is 12.1 Å². The average molecular weight is 345 g/mol. The Hall–Kier alpha value is -1.84. The van der Waals surface area contributed by atoms with Crippen molar-refractivity contribution in [3.05, 3.63) is 28.8 Å². The zero-order chi connectivity index (χ0) is 18.2. The van der Waals surface area contributed by atoms with Gasteiger partial charge in [-0.15, -0.1) is 0 Å². The van der Waals surface area contributed by atoms with Crippen LogP contribution in [0, 0.1) is 26.7 Å². The van der Waals surface area contributed by atoms with Crippen molar-refractivity contribution < 1.29 is 14.3 Å². The largest absolute Gasteiger partial charge is 0.456 e. The van der Waals surface area contributed by atoms with Crippen LogP contribution in [-0.2, 0) is 14.3 Å². The van der Waals surface area contributed by atoms with Crippen molar-refractivity contribution in [3.8, 4) is 0 Å². The monoisotopic (exact) mass is 345 g/mol. The van der Waals surface area contributed by atoms with Gasteiger partial charge in [0.15, 0.2) is 6.61 Å². The Labute approximate surface area is 151 Å². The number of hydrogen-bond donors (Lipinski definition) is 1. The summed E-state index contributed by atoms with van der Waals surface area (Å²) in [5.74, 6) is 0.219. The van der Waals surface area contributed by atoms with Crippen LogP contribution in [0.1, 0.15) is 68.1 Å². The van der Waals surface area contributed by atoms with Crippen molar-refractivity contribution in [3.63, 3.8) is 0 Å². The summed E-state index contributed by atoms with van der Waals surface area (Å²) in [7, 11) is 0. The molecule has 1 amide bonds. The maximum absolute atomic E-state index is 12.0. The molecule has 138 valence electrons. The quantitative estimate of drug-likeness (QED) is 0.719. The lowest BCUT2D eigenvalue weighted by Gasteiger charge is -2.20. The number of carbonyl (C=O) groups excluding carboxylic acids is 2. The van der Waals surface area contributed by atoms with Crippen molar-refractivity contribution in [1.29, 1.82) is 0 Å². The fourth-order valence-electron chi connectivity index (χ4n) is 3.78. The first-order chi connectivity index (χ1) is 12.0. The Balaban J connectivity index is 1.68. The average Bonchev–Trinajstić information content (AvgIpc) is 2.57. The van der Waals surface area contributed by atoms with Crippen LogP contribution in [0.4, 0.5) is 5.69 Å². The van der Waals surface area contributed by atoms with Gasteiger partial charge < -0.3 is 10.1 Å². The molecule has 0 radical (unpaired) electrons. The zero-order valence-electron chi connectivity index (χ0n) is 15.8. The molecule has 1 aromatic carbocycles. The van der Waals surface area contributed by atoms with Gasteiger partial charge in [0.2, 0.25) is 0 Å². The van der Waals surface area contributed by atoms with Crippen LogP contribution in [0.2, 0.25) is 0 Å². The van der Waals surface area contributed by atoms with Gasteiger partial charge in [-0.25, -0.2) is 0 Å². The molecule has 2 rings (SSSR count). The number of aryl methyl sites for hydroxylation is 3. The van der Waals surface area contributed by atoms with Gasteiger partial charge in [0.25, 0.3) is 5.91 Å². The van der Waals surface area contributed by atoms with E-state index in [1.807, 2.05) is 32.9 Å². The molecule has 25 heavy (non-hydrogen) atoms. The molecule has 1 aromatic rings. The molecule has 1 aliphatic carbocycles. The van der Waals surface area contributed by atoms with E-state index < -0.39 is 0 Å². The van der Waals surface area contributed by atoms with Crippen LogP contribution in [-0.4, -0.2) is 18.5 Å². The van der Waals surface area contributed by atoms with E-state index in [9.17, 15) is 9.59 Å².